The number of aromatic nitrogens is 2. The minimum Gasteiger partial charge on any atom is -0.350 e. The highest BCUT2D eigenvalue weighted by molar-refractivity contribution is 8.18. The molecule has 3 aromatic rings. The fourth-order valence-electron chi connectivity index (χ4n) is 3.28. The number of thioether (sulfide) groups is 1. The average molecular weight is 447 g/mol. The lowest BCUT2D eigenvalue weighted by Gasteiger charge is -2.13. The van der Waals surface area contributed by atoms with E-state index in [1.165, 1.54) is 0 Å². The molecule has 0 bridgehead atoms. The summed E-state index contributed by atoms with van der Waals surface area (Å²) in [5.74, 6) is -0.607. The van der Waals surface area contributed by atoms with Gasteiger partial charge >= 0.3 is 0 Å². The Morgan fingerprint density at radius 3 is 2.41 bits per heavy atom. The summed E-state index contributed by atoms with van der Waals surface area (Å²) in [5, 5.41) is 6.68. The molecule has 3 amide bonds. The van der Waals surface area contributed by atoms with E-state index in [4.69, 9.17) is 0 Å². The lowest BCUT2D eigenvalue weighted by molar-refractivity contribution is -0.122. The van der Waals surface area contributed by atoms with Gasteiger partial charge in [0.05, 0.1) is 10.6 Å². The van der Waals surface area contributed by atoms with Gasteiger partial charge in [-0.1, -0.05) is 29.8 Å². The zero-order valence-electron chi connectivity index (χ0n) is 17.7. The minimum absolute atomic E-state index is 0.117. The van der Waals surface area contributed by atoms with Crippen LogP contribution < -0.4 is 5.32 Å². The highest BCUT2D eigenvalue weighted by atomic mass is 32.2. The second-order valence-corrected chi connectivity index (χ2v) is 8.42. The first-order chi connectivity index (χ1) is 15.4. The summed E-state index contributed by atoms with van der Waals surface area (Å²) in [6.07, 6.45) is 3.43. The summed E-state index contributed by atoms with van der Waals surface area (Å²) in [4.78, 5) is 38.9. The summed E-state index contributed by atoms with van der Waals surface area (Å²) in [7, 11) is 0. The summed E-state index contributed by atoms with van der Waals surface area (Å²) in [6, 6.07) is 16.7. The number of imide groups is 1. The highest BCUT2D eigenvalue weighted by Gasteiger charge is 2.34. The van der Waals surface area contributed by atoms with E-state index >= 15 is 0 Å². The quantitative estimate of drug-likeness (QED) is 0.580. The predicted octanol–water partition coefficient (Wildman–Crippen LogP) is 3.96. The molecular weight excluding hydrogens is 424 g/mol. The first-order valence-corrected chi connectivity index (χ1v) is 11.0. The number of benzene rings is 2. The molecule has 4 rings (SSSR count). The molecule has 0 aliphatic carbocycles. The van der Waals surface area contributed by atoms with Crippen molar-refractivity contribution in [2.45, 2.75) is 13.8 Å². The van der Waals surface area contributed by atoms with Gasteiger partial charge in [0.2, 0.25) is 0 Å². The SMILES string of the molecule is Cc1ccc(/C=C2\SC(=O)N(CCNC(=O)c3ccc(-n4nccc4C)cc3)C2=O)cc1. The van der Waals surface area contributed by atoms with Crippen molar-refractivity contribution < 1.29 is 14.4 Å². The van der Waals surface area contributed by atoms with Gasteiger partial charge in [-0.2, -0.15) is 5.10 Å². The van der Waals surface area contributed by atoms with Gasteiger partial charge in [-0.3, -0.25) is 19.3 Å². The third-order valence-corrected chi connectivity index (χ3v) is 5.98. The summed E-state index contributed by atoms with van der Waals surface area (Å²) in [5.41, 5.74) is 4.34. The zero-order valence-corrected chi connectivity index (χ0v) is 18.6. The van der Waals surface area contributed by atoms with Crippen LogP contribution in [0.5, 0.6) is 0 Å². The fraction of sp³-hybridized carbons (Fsp3) is 0.167. The smallest absolute Gasteiger partial charge is 0.293 e. The topological polar surface area (TPSA) is 84.3 Å². The molecule has 2 heterocycles. The van der Waals surface area contributed by atoms with Crippen LogP contribution in [0.2, 0.25) is 0 Å². The van der Waals surface area contributed by atoms with Crippen molar-refractivity contribution in [1.82, 2.24) is 20.0 Å². The van der Waals surface area contributed by atoms with E-state index in [0.717, 1.165) is 39.2 Å². The standard InChI is InChI=1S/C24H22N4O3S/c1-16-3-5-18(6-4-16)15-21-23(30)27(24(31)32-21)14-13-25-22(29)19-7-9-20(10-8-19)28-17(2)11-12-26-28/h3-12,15H,13-14H2,1-2H3,(H,25,29)/b21-15-. The molecule has 32 heavy (non-hydrogen) atoms. The van der Waals surface area contributed by atoms with E-state index in [0.29, 0.717) is 10.5 Å². The van der Waals surface area contributed by atoms with Crippen molar-refractivity contribution in [3.05, 3.63) is 88.1 Å². The van der Waals surface area contributed by atoms with E-state index in [1.54, 1.807) is 29.1 Å². The van der Waals surface area contributed by atoms with Crippen LogP contribution in [0.3, 0.4) is 0 Å². The van der Waals surface area contributed by atoms with Gasteiger partial charge in [-0.05, 0) is 67.6 Å². The average Bonchev–Trinajstić information content (AvgIpc) is 3.33. The Bertz CT molecular complexity index is 1200. The van der Waals surface area contributed by atoms with E-state index in [-0.39, 0.29) is 30.1 Å². The number of amides is 3. The number of nitrogens with zero attached hydrogens (tertiary/aromatic N) is 3. The molecule has 1 N–H and O–H groups in total. The Morgan fingerprint density at radius 1 is 1.03 bits per heavy atom. The zero-order chi connectivity index (χ0) is 22.7. The third-order valence-electron chi connectivity index (χ3n) is 5.08. The molecule has 7 nitrogen and oxygen atoms in total. The van der Waals surface area contributed by atoms with Gasteiger partial charge in [-0.15, -0.1) is 0 Å². The second kappa shape index (κ2) is 9.23. The number of hydrogen-bond acceptors (Lipinski definition) is 5. The number of rotatable bonds is 6. The minimum atomic E-state index is -0.339. The molecule has 1 aromatic heterocycles. The predicted molar refractivity (Wildman–Crippen MR) is 124 cm³/mol. The van der Waals surface area contributed by atoms with Crippen molar-refractivity contribution in [2.24, 2.45) is 0 Å². The normalized spacial score (nSPS) is 14.9. The largest absolute Gasteiger partial charge is 0.350 e. The maximum atomic E-state index is 12.6. The lowest BCUT2D eigenvalue weighted by Crippen LogP contribution is -2.37. The van der Waals surface area contributed by atoms with Gasteiger partial charge in [0.25, 0.3) is 17.1 Å². The van der Waals surface area contributed by atoms with Crippen LogP contribution in [0.1, 0.15) is 27.2 Å². The Hall–Kier alpha value is -3.65. The number of hydrogen-bond donors (Lipinski definition) is 1. The monoisotopic (exact) mass is 446 g/mol. The van der Waals surface area contributed by atoms with E-state index in [9.17, 15) is 14.4 Å². The Labute approximate surface area is 190 Å². The summed E-state index contributed by atoms with van der Waals surface area (Å²) in [6.45, 7) is 4.23. The van der Waals surface area contributed by atoms with Crippen LogP contribution >= 0.6 is 11.8 Å². The van der Waals surface area contributed by atoms with Crippen molar-refractivity contribution in [2.75, 3.05) is 13.1 Å². The number of carbonyl (C=O) groups is 3. The van der Waals surface area contributed by atoms with Crippen molar-refractivity contribution in [1.29, 1.82) is 0 Å². The van der Waals surface area contributed by atoms with E-state index < -0.39 is 0 Å². The van der Waals surface area contributed by atoms with Crippen LogP contribution in [-0.2, 0) is 4.79 Å². The number of nitrogens with one attached hydrogen (secondary N) is 1. The molecule has 162 valence electrons. The Kier molecular flexibility index (Phi) is 6.23. The lowest BCUT2D eigenvalue weighted by atomic mass is 10.1. The molecule has 2 aromatic carbocycles. The van der Waals surface area contributed by atoms with Crippen molar-refractivity contribution >= 4 is 34.9 Å². The molecule has 0 unspecified atom stereocenters. The first kappa shape index (κ1) is 21.6. The van der Waals surface area contributed by atoms with Crippen molar-refractivity contribution in [3.8, 4) is 5.69 Å². The van der Waals surface area contributed by atoms with Gasteiger partial charge in [0, 0.05) is 30.5 Å². The van der Waals surface area contributed by atoms with Crippen LogP contribution in [0, 0.1) is 13.8 Å². The Morgan fingerprint density at radius 2 is 1.75 bits per heavy atom. The molecule has 0 spiro atoms. The number of aryl methyl sites for hydroxylation is 2. The molecule has 1 aliphatic heterocycles. The maximum Gasteiger partial charge on any atom is 0.293 e. The number of carbonyl (C=O) groups excluding carboxylic acids is 3. The van der Waals surface area contributed by atoms with Gasteiger partial charge in [0.15, 0.2) is 0 Å². The summed E-state index contributed by atoms with van der Waals surface area (Å²) < 4.78 is 1.78. The van der Waals surface area contributed by atoms with Crippen LogP contribution in [0.25, 0.3) is 11.8 Å². The molecular formula is C24H22N4O3S. The molecule has 0 radical (unpaired) electrons. The molecule has 1 saturated heterocycles. The molecule has 0 saturated carbocycles. The van der Waals surface area contributed by atoms with Crippen LogP contribution in [0.15, 0.2) is 65.7 Å². The second-order valence-electron chi connectivity index (χ2n) is 7.43. The first-order valence-electron chi connectivity index (χ1n) is 10.1. The molecule has 1 fully saturated rings. The van der Waals surface area contributed by atoms with Gasteiger partial charge in [-0.25, -0.2) is 4.68 Å². The molecule has 8 heteroatoms. The van der Waals surface area contributed by atoms with Gasteiger partial charge in [0.1, 0.15) is 0 Å². The van der Waals surface area contributed by atoms with E-state index in [2.05, 4.69) is 10.4 Å². The fourth-order valence-corrected chi connectivity index (χ4v) is 4.15. The van der Waals surface area contributed by atoms with E-state index in [1.807, 2.05) is 56.3 Å². The van der Waals surface area contributed by atoms with Crippen LogP contribution in [0.4, 0.5) is 4.79 Å². The Balaban J connectivity index is 1.33. The van der Waals surface area contributed by atoms with Crippen molar-refractivity contribution in [3.63, 3.8) is 0 Å². The third kappa shape index (κ3) is 4.65. The molecule has 1 aliphatic rings. The van der Waals surface area contributed by atoms with Crippen LogP contribution in [-0.4, -0.2) is 44.8 Å². The molecule has 0 atom stereocenters. The van der Waals surface area contributed by atoms with Gasteiger partial charge < -0.3 is 5.32 Å². The summed E-state index contributed by atoms with van der Waals surface area (Å²) >= 11 is 0.915. The maximum absolute atomic E-state index is 12.6. The highest BCUT2D eigenvalue weighted by Crippen LogP contribution is 2.31.